The highest BCUT2D eigenvalue weighted by Gasteiger charge is 2.12. The number of unbranched alkanes of at least 4 members (excludes halogenated alkanes) is 4. The topological polar surface area (TPSA) is 18.5 Å². The maximum absolute atomic E-state index is 5.67. The summed E-state index contributed by atoms with van der Waals surface area (Å²) in [6.45, 7) is 1.69. The van der Waals surface area contributed by atoms with Crippen LogP contribution in [-0.4, -0.2) is 19.5 Å². The summed E-state index contributed by atoms with van der Waals surface area (Å²) >= 11 is 5.36. The van der Waals surface area contributed by atoms with E-state index in [2.05, 4.69) is 11.8 Å². The minimum Gasteiger partial charge on any atom is -0.353 e. The molecule has 1 rings (SSSR count). The Hall–Kier alpha value is -0.490. The maximum atomic E-state index is 5.67. The van der Waals surface area contributed by atoms with Crippen LogP contribution in [0, 0.1) is 11.8 Å². The van der Waals surface area contributed by atoms with Crippen molar-refractivity contribution in [3.8, 4) is 11.8 Å². The van der Waals surface area contributed by atoms with Crippen molar-refractivity contribution in [3.63, 3.8) is 0 Å². The predicted octanol–water partition coefficient (Wildman–Crippen LogP) is 4.24. The lowest BCUT2D eigenvalue weighted by Crippen LogP contribution is -2.22. The van der Waals surface area contributed by atoms with Crippen molar-refractivity contribution in [2.45, 2.75) is 57.7 Å². The average Bonchev–Trinajstić information content (AvgIpc) is 2.42. The second-order valence-corrected chi connectivity index (χ2v) is 4.70. The van der Waals surface area contributed by atoms with Crippen molar-refractivity contribution in [2.24, 2.45) is 0 Å². The van der Waals surface area contributed by atoms with E-state index in [9.17, 15) is 0 Å². The van der Waals surface area contributed by atoms with E-state index in [0.29, 0.717) is 0 Å². The number of ether oxygens (including phenoxy) is 2. The molecular formula is C15H23ClO2. The molecule has 0 spiro atoms. The van der Waals surface area contributed by atoms with Gasteiger partial charge in [-0.05, 0) is 38.2 Å². The normalized spacial score (nSPS) is 19.7. The molecule has 1 atom stereocenters. The fourth-order valence-electron chi connectivity index (χ4n) is 1.89. The highest BCUT2D eigenvalue weighted by molar-refractivity contribution is 6.25. The second-order valence-electron chi connectivity index (χ2n) is 4.44. The van der Waals surface area contributed by atoms with Crippen LogP contribution in [0.4, 0.5) is 0 Å². The Morgan fingerprint density at radius 3 is 2.89 bits per heavy atom. The van der Waals surface area contributed by atoms with Gasteiger partial charge in [-0.1, -0.05) is 36.3 Å². The highest BCUT2D eigenvalue weighted by Crippen LogP contribution is 2.14. The van der Waals surface area contributed by atoms with E-state index < -0.39 is 0 Å². The number of hydrogen-bond acceptors (Lipinski definition) is 2. The summed E-state index contributed by atoms with van der Waals surface area (Å²) in [7, 11) is 0. The molecule has 1 fully saturated rings. The summed E-state index contributed by atoms with van der Waals surface area (Å²) in [4.78, 5) is 0. The van der Waals surface area contributed by atoms with E-state index in [1.165, 1.54) is 31.2 Å². The molecule has 0 N–H and O–H groups in total. The molecule has 2 nitrogen and oxygen atoms in total. The smallest absolute Gasteiger partial charge is 0.157 e. The minimum absolute atomic E-state index is 0.0620. The van der Waals surface area contributed by atoms with Gasteiger partial charge in [0.2, 0.25) is 0 Å². The molecule has 0 amide bonds. The van der Waals surface area contributed by atoms with Crippen LogP contribution in [0.5, 0.6) is 0 Å². The Bertz CT molecular complexity index is 272. The van der Waals surface area contributed by atoms with Crippen LogP contribution >= 0.6 is 11.6 Å². The van der Waals surface area contributed by atoms with Gasteiger partial charge in [-0.2, -0.15) is 0 Å². The van der Waals surface area contributed by atoms with Crippen molar-refractivity contribution in [1.82, 2.24) is 0 Å². The number of allylic oxidation sites excluding steroid dienone is 1. The summed E-state index contributed by atoms with van der Waals surface area (Å²) in [5.41, 5.74) is 1.44. The molecule has 0 aromatic carbocycles. The van der Waals surface area contributed by atoms with Gasteiger partial charge in [-0.3, -0.25) is 0 Å². The Morgan fingerprint density at radius 1 is 1.22 bits per heavy atom. The van der Waals surface area contributed by atoms with E-state index >= 15 is 0 Å². The summed E-state index contributed by atoms with van der Waals surface area (Å²) in [5, 5.41) is 0. The van der Waals surface area contributed by atoms with Crippen molar-refractivity contribution in [1.29, 1.82) is 0 Å². The quantitative estimate of drug-likeness (QED) is 0.509. The molecule has 0 saturated carbocycles. The molecule has 0 aromatic heterocycles. The first-order valence-corrected chi connectivity index (χ1v) is 7.34. The Balaban J connectivity index is 1.82. The van der Waals surface area contributed by atoms with Gasteiger partial charge in [0.1, 0.15) is 0 Å². The van der Waals surface area contributed by atoms with Gasteiger partial charge in [-0.15, -0.1) is 0 Å². The first-order chi connectivity index (χ1) is 8.93. The lowest BCUT2D eigenvalue weighted by atomic mass is 10.1. The zero-order valence-corrected chi connectivity index (χ0v) is 11.8. The highest BCUT2D eigenvalue weighted by atomic mass is 35.5. The largest absolute Gasteiger partial charge is 0.353 e. The van der Waals surface area contributed by atoms with Crippen molar-refractivity contribution >= 4 is 11.6 Å². The van der Waals surface area contributed by atoms with Gasteiger partial charge < -0.3 is 9.47 Å². The predicted molar refractivity (Wildman–Crippen MR) is 75.4 cm³/mol. The zero-order valence-electron chi connectivity index (χ0n) is 11.0. The van der Waals surface area contributed by atoms with Gasteiger partial charge in [-0.25, -0.2) is 0 Å². The third kappa shape index (κ3) is 8.58. The molecule has 1 aliphatic heterocycles. The number of halogens is 1. The standard InChI is InChI=1S/C15H23ClO2/c16-12-8-5-3-1-2-4-6-9-13-17-15-11-7-10-14-18-15/h8,12,15H,1-2,4,6-7,9-11,13-14H2/b12-8+. The van der Waals surface area contributed by atoms with Crippen LogP contribution in [0.25, 0.3) is 0 Å². The maximum Gasteiger partial charge on any atom is 0.157 e. The van der Waals surface area contributed by atoms with Crippen molar-refractivity contribution in [3.05, 3.63) is 11.6 Å². The molecular weight excluding hydrogens is 248 g/mol. The number of hydrogen-bond donors (Lipinski definition) is 0. The van der Waals surface area contributed by atoms with Gasteiger partial charge in [0.05, 0.1) is 0 Å². The molecule has 0 aromatic rings. The molecule has 1 heterocycles. The lowest BCUT2D eigenvalue weighted by Gasteiger charge is -2.22. The minimum atomic E-state index is 0.0620. The van der Waals surface area contributed by atoms with Crippen molar-refractivity contribution in [2.75, 3.05) is 13.2 Å². The van der Waals surface area contributed by atoms with E-state index in [0.717, 1.165) is 38.9 Å². The van der Waals surface area contributed by atoms with Crippen LogP contribution in [0.2, 0.25) is 0 Å². The Labute approximate surface area is 116 Å². The summed E-state index contributed by atoms with van der Waals surface area (Å²) in [6.07, 6.45) is 10.9. The second kappa shape index (κ2) is 11.6. The summed E-state index contributed by atoms with van der Waals surface area (Å²) in [5.74, 6) is 5.93. The van der Waals surface area contributed by atoms with Crippen LogP contribution in [0.15, 0.2) is 11.6 Å². The SMILES string of the molecule is Cl/C=C/C#CCCCCCCOC1CCCCO1. The molecule has 102 valence electrons. The van der Waals surface area contributed by atoms with E-state index in [1.807, 2.05) is 0 Å². The molecule has 0 bridgehead atoms. The lowest BCUT2D eigenvalue weighted by molar-refractivity contribution is -0.162. The summed E-state index contributed by atoms with van der Waals surface area (Å²) < 4.78 is 11.2. The monoisotopic (exact) mass is 270 g/mol. The summed E-state index contributed by atoms with van der Waals surface area (Å²) in [6, 6.07) is 0. The van der Waals surface area contributed by atoms with Crippen LogP contribution in [0.3, 0.4) is 0 Å². The zero-order chi connectivity index (χ0) is 12.9. The third-order valence-corrected chi connectivity index (χ3v) is 3.01. The molecule has 0 radical (unpaired) electrons. The Kier molecular flexibility index (Phi) is 10.0. The first kappa shape index (κ1) is 15.6. The fourth-order valence-corrected chi connectivity index (χ4v) is 1.95. The number of rotatable bonds is 7. The third-order valence-electron chi connectivity index (χ3n) is 2.89. The van der Waals surface area contributed by atoms with E-state index in [-0.39, 0.29) is 6.29 Å². The van der Waals surface area contributed by atoms with Crippen LogP contribution in [-0.2, 0) is 9.47 Å². The van der Waals surface area contributed by atoms with Crippen molar-refractivity contribution < 1.29 is 9.47 Å². The fraction of sp³-hybridized carbons (Fsp3) is 0.733. The molecule has 18 heavy (non-hydrogen) atoms. The van der Waals surface area contributed by atoms with Crippen LogP contribution in [0.1, 0.15) is 51.4 Å². The Morgan fingerprint density at radius 2 is 2.11 bits per heavy atom. The van der Waals surface area contributed by atoms with Gasteiger partial charge in [0.15, 0.2) is 6.29 Å². The van der Waals surface area contributed by atoms with E-state index in [1.54, 1.807) is 6.08 Å². The van der Waals surface area contributed by atoms with Gasteiger partial charge in [0, 0.05) is 25.2 Å². The molecule has 0 aliphatic carbocycles. The molecule has 1 unspecified atom stereocenters. The molecule has 1 aliphatic rings. The van der Waals surface area contributed by atoms with E-state index in [4.69, 9.17) is 21.1 Å². The average molecular weight is 271 g/mol. The first-order valence-electron chi connectivity index (χ1n) is 6.90. The van der Waals surface area contributed by atoms with Gasteiger partial charge >= 0.3 is 0 Å². The van der Waals surface area contributed by atoms with Crippen LogP contribution < -0.4 is 0 Å². The molecule has 3 heteroatoms. The molecule has 1 saturated heterocycles. The van der Waals surface area contributed by atoms with Gasteiger partial charge in [0.25, 0.3) is 0 Å².